The molecule has 20 heavy (non-hydrogen) atoms. The Morgan fingerprint density at radius 1 is 0.950 bits per heavy atom. The second kappa shape index (κ2) is 5.09. The number of ether oxygens (including phenoxy) is 1. The van der Waals surface area contributed by atoms with Gasteiger partial charge in [0.15, 0.2) is 6.29 Å². The molecule has 0 aliphatic rings. The lowest BCUT2D eigenvalue weighted by molar-refractivity contribution is 0.111. The van der Waals surface area contributed by atoms with Crippen LogP contribution in [0.3, 0.4) is 0 Å². The van der Waals surface area contributed by atoms with Gasteiger partial charge in [-0.3, -0.25) is 4.79 Å². The van der Waals surface area contributed by atoms with Gasteiger partial charge in [-0.25, -0.2) is 9.97 Å². The summed E-state index contributed by atoms with van der Waals surface area (Å²) in [6.07, 6.45) is 0.735. The number of carbonyl (C=O) groups excluding carboxylic acids is 1. The number of carbonyl (C=O) groups is 1. The Labute approximate surface area is 116 Å². The zero-order valence-corrected chi connectivity index (χ0v) is 10.9. The largest absolute Gasteiger partial charge is 0.497 e. The first-order valence-corrected chi connectivity index (χ1v) is 6.18. The quantitative estimate of drug-likeness (QED) is 0.682. The van der Waals surface area contributed by atoms with Crippen molar-refractivity contribution in [1.29, 1.82) is 0 Å². The van der Waals surface area contributed by atoms with Gasteiger partial charge < -0.3 is 4.74 Å². The van der Waals surface area contributed by atoms with E-state index in [0.29, 0.717) is 16.9 Å². The molecule has 0 fully saturated rings. The molecular formula is C16H12N2O2. The Bertz CT molecular complexity index is 767. The minimum atomic E-state index is 0.342. The van der Waals surface area contributed by atoms with Crippen molar-refractivity contribution < 1.29 is 9.53 Å². The molecule has 0 unspecified atom stereocenters. The van der Waals surface area contributed by atoms with Crippen LogP contribution in [0, 0.1) is 0 Å². The van der Waals surface area contributed by atoms with Crippen LogP contribution in [-0.2, 0) is 0 Å². The lowest BCUT2D eigenvalue weighted by Crippen LogP contribution is -1.97. The normalized spacial score (nSPS) is 10.4. The van der Waals surface area contributed by atoms with E-state index in [2.05, 4.69) is 9.97 Å². The van der Waals surface area contributed by atoms with E-state index in [-0.39, 0.29) is 0 Å². The fourth-order valence-electron chi connectivity index (χ4n) is 2.06. The number of rotatable bonds is 3. The van der Waals surface area contributed by atoms with Crippen LogP contribution in [0.4, 0.5) is 0 Å². The fraction of sp³-hybridized carbons (Fsp3) is 0.0625. The van der Waals surface area contributed by atoms with Crippen molar-refractivity contribution in [3.8, 4) is 17.0 Å². The minimum Gasteiger partial charge on any atom is -0.497 e. The van der Waals surface area contributed by atoms with Gasteiger partial charge in [-0.15, -0.1) is 0 Å². The van der Waals surface area contributed by atoms with Gasteiger partial charge in [0.25, 0.3) is 0 Å². The molecule has 0 atom stereocenters. The van der Waals surface area contributed by atoms with Crippen LogP contribution in [0.5, 0.6) is 5.75 Å². The maximum atomic E-state index is 11.2. The molecule has 98 valence electrons. The zero-order valence-electron chi connectivity index (χ0n) is 10.9. The monoisotopic (exact) mass is 264 g/mol. The number of nitrogens with zero attached hydrogens (tertiary/aromatic N) is 2. The molecule has 1 heterocycles. The van der Waals surface area contributed by atoms with E-state index in [1.807, 2.05) is 48.5 Å². The van der Waals surface area contributed by atoms with E-state index in [9.17, 15) is 4.79 Å². The average molecular weight is 264 g/mol. The number of aldehydes is 1. The first kappa shape index (κ1) is 12.3. The standard InChI is InChI=1S/C16H12N2O2/c1-20-12-8-6-11(7-9-12)16-15(10-19)17-13-4-2-3-5-14(13)18-16/h2-10H,1H3. The molecule has 0 amide bonds. The molecule has 0 aliphatic carbocycles. The van der Waals surface area contributed by atoms with Gasteiger partial charge >= 0.3 is 0 Å². The third kappa shape index (κ3) is 2.12. The van der Waals surface area contributed by atoms with Crippen LogP contribution in [-0.4, -0.2) is 23.4 Å². The molecule has 1 aromatic heterocycles. The Kier molecular flexibility index (Phi) is 3.13. The topological polar surface area (TPSA) is 52.1 Å². The van der Waals surface area contributed by atoms with E-state index in [1.54, 1.807) is 7.11 Å². The third-order valence-electron chi connectivity index (χ3n) is 3.07. The lowest BCUT2D eigenvalue weighted by Gasteiger charge is -2.07. The van der Waals surface area contributed by atoms with Gasteiger partial charge in [0.2, 0.25) is 0 Å². The molecule has 4 heteroatoms. The molecule has 3 aromatic rings. The lowest BCUT2D eigenvalue weighted by atomic mass is 10.1. The van der Waals surface area contributed by atoms with Crippen LogP contribution in [0.1, 0.15) is 10.5 Å². The minimum absolute atomic E-state index is 0.342. The summed E-state index contributed by atoms with van der Waals surface area (Å²) in [6, 6.07) is 14.9. The third-order valence-corrected chi connectivity index (χ3v) is 3.07. The Morgan fingerprint density at radius 3 is 2.20 bits per heavy atom. The highest BCUT2D eigenvalue weighted by atomic mass is 16.5. The van der Waals surface area contributed by atoms with Gasteiger partial charge in [0, 0.05) is 5.56 Å². The van der Waals surface area contributed by atoms with Gasteiger partial charge in [0.1, 0.15) is 17.1 Å². The number of methoxy groups -OCH3 is 1. The summed E-state index contributed by atoms with van der Waals surface area (Å²) in [5.41, 5.74) is 3.25. The smallest absolute Gasteiger partial charge is 0.170 e. The number of benzene rings is 2. The van der Waals surface area contributed by atoms with Crippen molar-refractivity contribution in [1.82, 2.24) is 9.97 Å². The van der Waals surface area contributed by atoms with Crippen molar-refractivity contribution >= 4 is 17.3 Å². The van der Waals surface area contributed by atoms with Crippen molar-refractivity contribution in [3.63, 3.8) is 0 Å². The summed E-state index contributed by atoms with van der Waals surface area (Å²) in [7, 11) is 1.61. The highest BCUT2D eigenvalue weighted by Crippen LogP contribution is 2.24. The fourth-order valence-corrected chi connectivity index (χ4v) is 2.06. The molecule has 0 saturated carbocycles. The summed E-state index contributed by atoms with van der Waals surface area (Å²) in [6.45, 7) is 0. The number of hydrogen-bond donors (Lipinski definition) is 0. The predicted octanol–water partition coefficient (Wildman–Crippen LogP) is 3.12. The summed E-state index contributed by atoms with van der Waals surface area (Å²) in [5.74, 6) is 0.759. The molecule has 0 bridgehead atoms. The molecule has 0 N–H and O–H groups in total. The summed E-state index contributed by atoms with van der Waals surface area (Å²) >= 11 is 0. The van der Waals surface area contributed by atoms with E-state index in [1.165, 1.54) is 0 Å². The molecule has 0 saturated heterocycles. The Morgan fingerprint density at radius 2 is 1.60 bits per heavy atom. The number of para-hydroxylation sites is 2. The highest BCUT2D eigenvalue weighted by Gasteiger charge is 2.10. The SMILES string of the molecule is COc1ccc(-c2nc3ccccc3nc2C=O)cc1. The zero-order chi connectivity index (χ0) is 13.9. The van der Waals surface area contributed by atoms with Gasteiger partial charge in [0.05, 0.1) is 18.1 Å². The maximum absolute atomic E-state index is 11.2. The predicted molar refractivity (Wildman–Crippen MR) is 76.9 cm³/mol. The van der Waals surface area contributed by atoms with Gasteiger partial charge in [-0.05, 0) is 36.4 Å². The van der Waals surface area contributed by atoms with E-state index < -0.39 is 0 Å². The first-order valence-electron chi connectivity index (χ1n) is 6.18. The summed E-state index contributed by atoms with van der Waals surface area (Å²) < 4.78 is 5.13. The first-order chi connectivity index (χ1) is 9.81. The average Bonchev–Trinajstić information content (AvgIpc) is 2.53. The second-order valence-corrected chi connectivity index (χ2v) is 4.29. The maximum Gasteiger partial charge on any atom is 0.170 e. The van der Waals surface area contributed by atoms with E-state index in [4.69, 9.17) is 4.74 Å². The Balaban J connectivity index is 2.19. The van der Waals surface area contributed by atoms with Crippen molar-refractivity contribution in [2.45, 2.75) is 0 Å². The van der Waals surface area contributed by atoms with Crippen LogP contribution < -0.4 is 4.74 Å². The molecule has 0 spiro atoms. The van der Waals surface area contributed by atoms with Crippen LogP contribution in [0.2, 0.25) is 0 Å². The highest BCUT2D eigenvalue weighted by molar-refractivity contribution is 5.88. The summed E-state index contributed by atoms with van der Waals surface area (Å²) in [4.78, 5) is 20.1. The number of hydrogen-bond acceptors (Lipinski definition) is 4. The molecule has 3 rings (SSSR count). The number of fused-ring (bicyclic) bond motifs is 1. The van der Waals surface area contributed by atoms with E-state index in [0.717, 1.165) is 23.1 Å². The summed E-state index contributed by atoms with van der Waals surface area (Å²) in [5, 5.41) is 0. The molecule has 0 radical (unpaired) electrons. The van der Waals surface area contributed by atoms with Crippen LogP contribution >= 0.6 is 0 Å². The van der Waals surface area contributed by atoms with Gasteiger partial charge in [-0.1, -0.05) is 12.1 Å². The Hall–Kier alpha value is -2.75. The molecule has 0 aliphatic heterocycles. The molecular weight excluding hydrogens is 252 g/mol. The van der Waals surface area contributed by atoms with Gasteiger partial charge in [-0.2, -0.15) is 0 Å². The van der Waals surface area contributed by atoms with Crippen molar-refractivity contribution in [2.24, 2.45) is 0 Å². The number of aromatic nitrogens is 2. The molecule has 4 nitrogen and oxygen atoms in total. The van der Waals surface area contributed by atoms with Crippen LogP contribution in [0.25, 0.3) is 22.3 Å². The van der Waals surface area contributed by atoms with Crippen molar-refractivity contribution in [3.05, 3.63) is 54.2 Å². The van der Waals surface area contributed by atoms with Crippen molar-refractivity contribution in [2.75, 3.05) is 7.11 Å². The molecule has 2 aromatic carbocycles. The second-order valence-electron chi connectivity index (χ2n) is 4.29. The van der Waals surface area contributed by atoms with Crippen LogP contribution in [0.15, 0.2) is 48.5 Å². The van der Waals surface area contributed by atoms with E-state index >= 15 is 0 Å².